The largest absolute Gasteiger partial charge is 0.484 e. The van der Waals surface area contributed by atoms with Crippen molar-refractivity contribution in [1.82, 2.24) is 10.3 Å². The summed E-state index contributed by atoms with van der Waals surface area (Å²) in [5, 5.41) is 3.39. The van der Waals surface area contributed by atoms with E-state index in [1.807, 2.05) is 6.92 Å². The first-order chi connectivity index (χ1) is 9.71. The molecule has 1 N–H and O–H groups in total. The van der Waals surface area contributed by atoms with Crippen molar-refractivity contribution in [3.63, 3.8) is 0 Å². The van der Waals surface area contributed by atoms with E-state index >= 15 is 0 Å². The molecule has 0 saturated heterocycles. The Balaban J connectivity index is 1.73. The average Bonchev–Trinajstić information content (AvgIpc) is 2.44. The smallest absolute Gasteiger partial charge is 0.213 e. The van der Waals surface area contributed by atoms with E-state index in [0.717, 1.165) is 19.4 Å². The normalized spacial score (nSPS) is 21.1. The summed E-state index contributed by atoms with van der Waals surface area (Å²) >= 11 is 0. The molecule has 2 rings (SSSR count). The quantitative estimate of drug-likeness (QED) is 0.787. The summed E-state index contributed by atoms with van der Waals surface area (Å²) in [6, 6.07) is 4.14. The van der Waals surface area contributed by atoms with Gasteiger partial charge in [0.2, 0.25) is 5.88 Å². The lowest BCUT2D eigenvalue weighted by Crippen LogP contribution is -2.46. The van der Waals surface area contributed by atoms with E-state index in [0.29, 0.717) is 24.1 Å². The summed E-state index contributed by atoms with van der Waals surface area (Å²) in [6.07, 6.45) is 4.39. The van der Waals surface area contributed by atoms with Crippen LogP contribution in [0.15, 0.2) is 18.3 Å². The first-order valence-corrected chi connectivity index (χ1v) is 7.21. The number of rotatable bonds is 8. The van der Waals surface area contributed by atoms with Gasteiger partial charge in [0.05, 0.1) is 6.20 Å². The Hall–Kier alpha value is -1.62. The molecular formula is C15H22N2O3. The molecule has 1 aromatic rings. The van der Waals surface area contributed by atoms with Gasteiger partial charge in [0.25, 0.3) is 0 Å². The maximum atomic E-state index is 11.2. The van der Waals surface area contributed by atoms with Gasteiger partial charge in [-0.05, 0) is 25.5 Å². The molecule has 1 saturated carbocycles. The topological polar surface area (TPSA) is 60.5 Å². The van der Waals surface area contributed by atoms with Gasteiger partial charge in [0.15, 0.2) is 5.78 Å². The minimum atomic E-state index is 0.0780. The lowest BCUT2D eigenvalue weighted by atomic mass is 9.89. The van der Waals surface area contributed by atoms with Gasteiger partial charge in [0, 0.05) is 18.5 Å². The first-order valence-electron chi connectivity index (χ1n) is 7.21. The van der Waals surface area contributed by atoms with Crippen molar-refractivity contribution in [3.8, 4) is 11.6 Å². The molecule has 5 heteroatoms. The Kier molecular flexibility index (Phi) is 5.35. The van der Waals surface area contributed by atoms with E-state index < -0.39 is 0 Å². The summed E-state index contributed by atoms with van der Waals surface area (Å²) in [4.78, 5) is 15.3. The summed E-state index contributed by atoms with van der Waals surface area (Å²) in [5.74, 6) is 1.28. The third-order valence-electron chi connectivity index (χ3n) is 3.38. The predicted octanol–water partition coefficient (Wildman–Crippen LogP) is 1.96. The zero-order valence-corrected chi connectivity index (χ0v) is 12.1. The number of carbonyl (C=O) groups is 1. The number of aromatic nitrogens is 1. The fourth-order valence-electron chi connectivity index (χ4n) is 2.08. The fraction of sp³-hybridized carbons (Fsp3) is 0.600. The Bertz CT molecular complexity index is 427. The molecular weight excluding hydrogens is 256 g/mol. The van der Waals surface area contributed by atoms with Gasteiger partial charge in [-0.25, -0.2) is 4.98 Å². The van der Waals surface area contributed by atoms with Crippen LogP contribution in [0.25, 0.3) is 0 Å². The van der Waals surface area contributed by atoms with Gasteiger partial charge in [-0.1, -0.05) is 13.8 Å². The predicted molar refractivity (Wildman–Crippen MR) is 76.1 cm³/mol. The molecule has 0 aromatic carbocycles. The van der Waals surface area contributed by atoms with E-state index in [1.165, 1.54) is 0 Å². The van der Waals surface area contributed by atoms with E-state index in [1.54, 1.807) is 18.3 Å². The van der Waals surface area contributed by atoms with Crippen molar-refractivity contribution in [3.05, 3.63) is 18.3 Å². The van der Waals surface area contributed by atoms with Crippen molar-refractivity contribution in [1.29, 1.82) is 0 Å². The molecule has 110 valence electrons. The second-order valence-corrected chi connectivity index (χ2v) is 4.98. The standard InChI is InChI=1S/C15H22N2O3/c1-3-12(18)10-19-13-5-6-15(17-9-13)20-14-7-11(8-14)16-4-2/h5-6,9,11,14,16H,3-4,7-8,10H2,1-2H3/t11-,14+. The van der Waals surface area contributed by atoms with Gasteiger partial charge < -0.3 is 14.8 Å². The lowest BCUT2D eigenvalue weighted by Gasteiger charge is -2.35. The highest BCUT2D eigenvalue weighted by atomic mass is 16.5. The maximum Gasteiger partial charge on any atom is 0.213 e. The van der Waals surface area contributed by atoms with Crippen LogP contribution in [-0.4, -0.2) is 36.1 Å². The summed E-state index contributed by atoms with van der Waals surface area (Å²) < 4.78 is 11.1. The van der Waals surface area contributed by atoms with Crippen molar-refractivity contribution in [2.45, 2.75) is 45.3 Å². The molecule has 1 heterocycles. The van der Waals surface area contributed by atoms with Crippen LogP contribution in [0.5, 0.6) is 11.6 Å². The van der Waals surface area contributed by atoms with Crippen LogP contribution in [0.3, 0.4) is 0 Å². The van der Waals surface area contributed by atoms with Crippen LogP contribution in [0.1, 0.15) is 33.1 Å². The van der Waals surface area contributed by atoms with E-state index in [4.69, 9.17) is 9.47 Å². The second-order valence-electron chi connectivity index (χ2n) is 4.98. The van der Waals surface area contributed by atoms with E-state index in [9.17, 15) is 4.79 Å². The summed E-state index contributed by atoms with van der Waals surface area (Å²) in [7, 11) is 0. The van der Waals surface area contributed by atoms with Crippen molar-refractivity contribution >= 4 is 5.78 Å². The third-order valence-corrected chi connectivity index (χ3v) is 3.38. The van der Waals surface area contributed by atoms with E-state index in [2.05, 4.69) is 17.2 Å². The Labute approximate surface area is 119 Å². The number of nitrogens with one attached hydrogen (secondary N) is 1. The molecule has 1 fully saturated rings. The van der Waals surface area contributed by atoms with Gasteiger partial charge >= 0.3 is 0 Å². The molecule has 0 amide bonds. The molecule has 0 aliphatic heterocycles. The van der Waals surface area contributed by atoms with Crippen molar-refractivity contribution in [2.24, 2.45) is 0 Å². The highest BCUT2D eigenvalue weighted by Gasteiger charge is 2.30. The van der Waals surface area contributed by atoms with Gasteiger partial charge in [0.1, 0.15) is 18.5 Å². The maximum absolute atomic E-state index is 11.2. The Morgan fingerprint density at radius 1 is 1.40 bits per heavy atom. The number of ketones is 1. The van der Waals surface area contributed by atoms with Crippen LogP contribution in [-0.2, 0) is 4.79 Å². The molecule has 5 nitrogen and oxygen atoms in total. The highest BCUT2D eigenvalue weighted by Crippen LogP contribution is 2.25. The zero-order valence-electron chi connectivity index (χ0n) is 12.1. The zero-order chi connectivity index (χ0) is 14.4. The molecule has 0 atom stereocenters. The van der Waals surface area contributed by atoms with Crippen LogP contribution >= 0.6 is 0 Å². The Morgan fingerprint density at radius 3 is 2.80 bits per heavy atom. The summed E-state index contributed by atoms with van der Waals surface area (Å²) in [6.45, 7) is 5.03. The molecule has 1 aromatic heterocycles. The molecule has 1 aliphatic rings. The highest BCUT2D eigenvalue weighted by molar-refractivity contribution is 5.79. The number of hydrogen-bond donors (Lipinski definition) is 1. The number of carbonyl (C=O) groups excluding carboxylic acids is 1. The van der Waals surface area contributed by atoms with Crippen LogP contribution in [0, 0.1) is 0 Å². The monoisotopic (exact) mass is 278 g/mol. The van der Waals surface area contributed by atoms with Gasteiger partial charge in [-0.3, -0.25) is 4.79 Å². The molecule has 0 unspecified atom stereocenters. The minimum absolute atomic E-state index is 0.0780. The van der Waals surface area contributed by atoms with Gasteiger partial charge in [-0.15, -0.1) is 0 Å². The molecule has 0 bridgehead atoms. The van der Waals surface area contributed by atoms with Gasteiger partial charge in [-0.2, -0.15) is 0 Å². The number of Topliss-reactive ketones (excluding diaryl/α,β-unsaturated/α-hetero) is 1. The summed E-state index contributed by atoms with van der Waals surface area (Å²) in [5.41, 5.74) is 0. The lowest BCUT2D eigenvalue weighted by molar-refractivity contribution is -0.120. The number of hydrogen-bond acceptors (Lipinski definition) is 5. The van der Waals surface area contributed by atoms with Crippen molar-refractivity contribution in [2.75, 3.05) is 13.2 Å². The minimum Gasteiger partial charge on any atom is -0.484 e. The number of pyridine rings is 1. The fourth-order valence-corrected chi connectivity index (χ4v) is 2.08. The second kappa shape index (κ2) is 7.24. The first kappa shape index (κ1) is 14.8. The number of ether oxygens (including phenoxy) is 2. The molecule has 20 heavy (non-hydrogen) atoms. The van der Waals surface area contributed by atoms with Crippen LogP contribution in [0.2, 0.25) is 0 Å². The molecule has 0 spiro atoms. The third kappa shape index (κ3) is 4.20. The van der Waals surface area contributed by atoms with E-state index in [-0.39, 0.29) is 18.5 Å². The Morgan fingerprint density at radius 2 is 2.20 bits per heavy atom. The number of nitrogens with zero attached hydrogens (tertiary/aromatic N) is 1. The molecule has 0 radical (unpaired) electrons. The SMILES string of the molecule is CCN[C@H]1C[C@@H](Oc2ccc(OCC(=O)CC)cn2)C1. The molecule has 1 aliphatic carbocycles. The average molecular weight is 278 g/mol. The van der Waals surface area contributed by atoms with Crippen LogP contribution < -0.4 is 14.8 Å². The van der Waals surface area contributed by atoms with Crippen molar-refractivity contribution < 1.29 is 14.3 Å². The van der Waals surface area contributed by atoms with Crippen LogP contribution in [0.4, 0.5) is 0 Å².